The number of nitrogens with zero attached hydrogens (tertiary/aromatic N) is 1. The van der Waals surface area contributed by atoms with Crippen LogP contribution >= 0.6 is 11.6 Å². The highest BCUT2D eigenvalue weighted by atomic mass is 35.5. The van der Waals surface area contributed by atoms with Crippen molar-refractivity contribution in [1.29, 1.82) is 0 Å². The number of nitrogens with one attached hydrogen (secondary N) is 2. The first-order valence-electron chi connectivity index (χ1n) is 9.89. The van der Waals surface area contributed by atoms with E-state index in [0.29, 0.717) is 22.1 Å². The average Bonchev–Trinajstić information content (AvgIpc) is 2.79. The molecule has 2 N–H and O–H groups in total. The van der Waals surface area contributed by atoms with Crippen LogP contribution in [0.4, 0.5) is 17.1 Å². The van der Waals surface area contributed by atoms with Gasteiger partial charge >= 0.3 is 0 Å². The van der Waals surface area contributed by atoms with Crippen molar-refractivity contribution in [2.45, 2.75) is 11.8 Å². The molecule has 0 saturated heterocycles. The van der Waals surface area contributed by atoms with E-state index in [4.69, 9.17) is 11.6 Å². The van der Waals surface area contributed by atoms with Crippen LogP contribution in [0.5, 0.6) is 0 Å². The number of rotatable bonds is 8. The molecule has 0 spiro atoms. The zero-order valence-electron chi connectivity index (χ0n) is 17.8. The molecular formula is C24H22ClN3O4S. The molecule has 0 saturated carbocycles. The molecule has 0 fully saturated rings. The lowest BCUT2D eigenvalue weighted by Crippen LogP contribution is -2.31. The number of benzene rings is 3. The first kappa shape index (κ1) is 24.0. The normalized spacial score (nSPS) is 10.8. The van der Waals surface area contributed by atoms with Gasteiger partial charge in [-0.25, -0.2) is 8.42 Å². The molecule has 9 heteroatoms. The third-order valence-corrected chi connectivity index (χ3v) is 6.60. The van der Waals surface area contributed by atoms with E-state index in [-0.39, 0.29) is 22.9 Å². The van der Waals surface area contributed by atoms with Gasteiger partial charge in [0.25, 0.3) is 15.9 Å². The topological polar surface area (TPSA) is 95.6 Å². The molecule has 0 bridgehead atoms. The number of amides is 2. The van der Waals surface area contributed by atoms with Crippen LogP contribution < -0.4 is 14.9 Å². The van der Waals surface area contributed by atoms with Gasteiger partial charge in [0.1, 0.15) is 0 Å². The lowest BCUT2D eigenvalue weighted by atomic mass is 10.2. The molecule has 0 heterocycles. The highest BCUT2D eigenvalue weighted by Gasteiger charge is 2.25. The average molecular weight is 484 g/mol. The van der Waals surface area contributed by atoms with Crippen molar-refractivity contribution in [3.8, 4) is 0 Å². The van der Waals surface area contributed by atoms with Crippen molar-refractivity contribution in [1.82, 2.24) is 0 Å². The molecule has 3 aromatic carbocycles. The van der Waals surface area contributed by atoms with Crippen LogP contribution in [-0.2, 0) is 14.8 Å². The lowest BCUT2D eigenvalue weighted by molar-refractivity contribution is -0.114. The Kier molecular flexibility index (Phi) is 7.52. The number of anilines is 3. The fourth-order valence-electron chi connectivity index (χ4n) is 3.04. The Bertz CT molecular complexity index is 1270. The zero-order chi connectivity index (χ0) is 24.0. The fourth-order valence-corrected chi connectivity index (χ4v) is 4.64. The molecule has 0 aliphatic carbocycles. The van der Waals surface area contributed by atoms with Gasteiger partial charge in [0.15, 0.2) is 0 Å². The molecule has 0 unspecified atom stereocenters. The summed E-state index contributed by atoms with van der Waals surface area (Å²) in [5.41, 5.74) is 1.69. The minimum Gasteiger partial charge on any atom is -0.326 e. The smallest absolute Gasteiger partial charge is 0.264 e. The summed E-state index contributed by atoms with van der Waals surface area (Å²) in [6, 6.07) is 18.8. The SMILES string of the molecule is C=CCN(c1ccc(Cl)cc1)S(=O)(=O)c1cccc(C(=O)Nc2ccc(NC(C)=O)cc2)c1. The van der Waals surface area contributed by atoms with Gasteiger partial charge in [-0.3, -0.25) is 13.9 Å². The van der Waals surface area contributed by atoms with Crippen molar-refractivity contribution >= 4 is 50.5 Å². The maximum Gasteiger partial charge on any atom is 0.264 e. The Morgan fingerprint density at radius 2 is 1.58 bits per heavy atom. The summed E-state index contributed by atoms with van der Waals surface area (Å²) in [6.07, 6.45) is 1.48. The first-order valence-corrected chi connectivity index (χ1v) is 11.7. The van der Waals surface area contributed by atoms with Crippen molar-refractivity contribution in [2.75, 3.05) is 21.5 Å². The number of halogens is 1. The van der Waals surface area contributed by atoms with Gasteiger partial charge < -0.3 is 10.6 Å². The summed E-state index contributed by atoms with van der Waals surface area (Å²) in [4.78, 5) is 23.8. The van der Waals surface area contributed by atoms with E-state index in [9.17, 15) is 18.0 Å². The van der Waals surface area contributed by atoms with Gasteiger partial charge in [-0.05, 0) is 66.7 Å². The maximum atomic E-state index is 13.3. The van der Waals surface area contributed by atoms with Crippen molar-refractivity contribution in [3.63, 3.8) is 0 Å². The molecule has 3 aromatic rings. The van der Waals surface area contributed by atoms with E-state index >= 15 is 0 Å². The molecule has 7 nitrogen and oxygen atoms in total. The number of hydrogen-bond donors (Lipinski definition) is 2. The largest absolute Gasteiger partial charge is 0.326 e. The second-order valence-electron chi connectivity index (χ2n) is 7.04. The zero-order valence-corrected chi connectivity index (χ0v) is 19.4. The molecule has 0 atom stereocenters. The van der Waals surface area contributed by atoms with Gasteiger partial charge in [0.05, 0.1) is 17.1 Å². The van der Waals surface area contributed by atoms with Crippen LogP contribution in [0.15, 0.2) is 90.3 Å². The van der Waals surface area contributed by atoms with Crippen LogP contribution in [0.2, 0.25) is 5.02 Å². The summed E-state index contributed by atoms with van der Waals surface area (Å²) in [5, 5.41) is 5.84. The monoisotopic (exact) mass is 483 g/mol. The summed E-state index contributed by atoms with van der Waals surface area (Å²) < 4.78 is 27.9. The summed E-state index contributed by atoms with van der Waals surface area (Å²) >= 11 is 5.93. The lowest BCUT2D eigenvalue weighted by Gasteiger charge is -2.23. The molecule has 0 aliphatic heterocycles. The Morgan fingerprint density at radius 1 is 0.970 bits per heavy atom. The molecule has 2 amide bonds. The summed E-state index contributed by atoms with van der Waals surface area (Å²) in [7, 11) is -3.98. The van der Waals surface area contributed by atoms with Crippen LogP contribution in [0.3, 0.4) is 0 Å². The van der Waals surface area contributed by atoms with Crippen molar-refractivity contribution < 1.29 is 18.0 Å². The van der Waals surface area contributed by atoms with E-state index in [0.717, 1.165) is 0 Å². The number of carbonyl (C=O) groups excluding carboxylic acids is 2. The molecular weight excluding hydrogens is 462 g/mol. The minimum absolute atomic E-state index is 0.0343. The summed E-state index contributed by atoms with van der Waals surface area (Å²) in [6.45, 7) is 5.09. The third-order valence-electron chi connectivity index (χ3n) is 4.56. The van der Waals surface area contributed by atoms with Crippen LogP contribution in [0, 0.1) is 0 Å². The van der Waals surface area contributed by atoms with E-state index in [1.807, 2.05) is 0 Å². The van der Waals surface area contributed by atoms with Crippen LogP contribution in [0.25, 0.3) is 0 Å². The highest BCUT2D eigenvalue weighted by Crippen LogP contribution is 2.26. The minimum atomic E-state index is -3.98. The standard InChI is InChI=1S/C24H22ClN3O4S/c1-3-15-28(22-13-7-19(25)8-14-22)33(31,32)23-6-4-5-18(16-23)24(30)27-21-11-9-20(10-12-21)26-17(2)29/h3-14,16H,1,15H2,2H3,(H,26,29)(H,27,30). The van der Waals surface area contributed by atoms with Gasteiger partial charge in [-0.2, -0.15) is 0 Å². The quantitative estimate of drug-likeness (QED) is 0.444. The number of sulfonamides is 1. The highest BCUT2D eigenvalue weighted by molar-refractivity contribution is 7.92. The molecule has 0 radical (unpaired) electrons. The van der Waals surface area contributed by atoms with Crippen molar-refractivity contribution in [3.05, 3.63) is 96.0 Å². The number of carbonyl (C=O) groups is 2. The Morgan fingerprint density at radius 3 is 2.15 bits per heavy atom. The molecule has 3 rings (SSSR count). The van der Waals surface area contributed by atoms with E-state index in [1.54, 1.807) is 48.5 Å². The molecule has 0 aliphatic rings. The fraction of sp³-hybridized carbons (Fsp3) is 0.0833. The van der Waals surface area contributed by atoms with E-state index in [1.165, 1.54) is 41.6 Å². The third kappa shape index (κ3) is 6.00. The maximum absolute atomic E-state index is 13.3. The second-order valence-corrected chi connectivity index (χ2v) is 9.34. The number of hydrogen-bond acceptors (Lipinski definition) is 4. The van der Waals surface area contributed by atoms with Crippen LogP contribution in [0.1, 0.15) is 17.3 Å². The predicted octanol–water partition coefficient (Wildman–Crippen LogP) is 4.93. The van der Waals surface area contributed by atoms with E-state index < -0.39 is 15.9 Å². The molecule has 170 valence electrons. The van der Waals surface area contributed by atoms with Gasteiger partial charge in [0, 0.05) is 28.9 Å². The van der Waals surface area contributed by atoms with Crippen molar-refractivity contribution in [2.24, 2.45) is 0 Å². The predicted molar refractivity (Wildman–Crippen MR) is 131 cm³/mol. The van der Waals surface area contributed by atoms with Gasteiger partial charge in [-0.15, -0.1) is 6.58 Å². The van der Waals surface area contributed by atoms with Crippen LogP contribution in [-0.4, -0.2) is 26.8 Å². The van der Waals surface area contributed by atoms with Gasteiger partial charge in [-0.1, -0.05) is 23.7 Å². The van der Waals surface area contributed by atoms with Gasteiger partial charge in [0.2, 0.25) is 5.91 Å². The summed E-state index contributed by atoms with van der Waals surface area (Å²) in [5.74, 6) is -0.671. The van der Waals surface area contributed by atoms with E-state index in [2.05, 4.69) is 17.2 Å². The Balaban J connectivity index is 1.85. The Labute approximate surface area is 197 Å². The first-order chi connectivity index (χ1) is 15.7. The molecule has 0 aromatic heterocycles. The second kappa shape index (κ2) is 10.3. The molecule has 33 heavy (non-hydrogen) atoms. The Hall–Kier alpha value is -3.62.